The van der Waals surface area contributed by atoms with Gasteiger partial charge in [0.1, 0.15) is 12.4 Å². The molecule has 2 rings (SSSR count). The fraction of sp³-hybridized carbons (Fsp3) is 0.0714. The Balaban J connectivity index is 1.97. The van der Waals surface area contributed by atoms with E-state index in [1.165, 1.54) is 12.1 Å². The van der Waals surface area contributed by atoms with Crippen LogP contribution in [0.4, 0.5) is 4.39 Å². The van der Waals surface area contributed by atoms with E-state index in [2.05, 4.69) is 21.1 Å². The molecule has 0 aliphatic carbocycles. The summed E-state index contributed by atoms with van der Waals surface area (Å²) < 4.78 is 13.7. The van der Waals surface area contributed by atoms with Gasteiger partial charge >= 0.3 is 0 Å². The summed E-state index contributed by atoms with van der Waals surface area (Å²) in [7, 11) is 0. The second-order valence-electron chi connectivity index (χ2n) is 3.89. The molecule has 3 nitrogen and oxygen atoms in total. The minimum Gasteiger partial charge on any atom is -0.389 e. The summed E-state index contributed by atoms with van der Waals surface area (Å²) in [6.07, 6.45) is 0. The highest BCUT2D eigenvalue weighted by Gasteiger charge is 2.00. The number of rotatable bonds is 4. The second-order valence-corrected chi connectivity index (χ2v) is 4.80. The van der Waals surface area contributed by atoms with Gasteiger partial charge < -0.3 is 10.6 Å². The van der Waals surface area contributed by atoms with E-state index in [1.54, 1.807) is 12.1 Å². The third-order valence-electron chi connectivity index (χ3n) is 2.42. The van der Waals surface area contributed by atoms with Crippen molar-refractivity contribution in [2.75, 3.05) is 0 Å². The maximum Gasteiger partial charge on any atom is 0.170 e. The van der Waals surface area contributed by atoms with E-state index in [-0.39, 0.29) is 11.7 Å². The van der Waals surface area contributed by atoms with E-state index in [0.29, 0.717) is 12.2 Å². The number of oxime groups is 1. The fourth-order valence-electron chi connectivity index (χ4n) is 1.48. The molecule has 0 unspecified atom stereocenters. The highest BCUT2D eigenvalue weighted by Crippen LogP contribution is 2.12. The van der Waals surface area contributed by atoms with Crippen LogP contribution in [0.3, 0.4) is 0 Å². The molecule has 0 amide bonds. The first-order valence-corrected chi connectivity index (χ1v) is 6.40. The summed E-state index contributed by atoms with van der Waals surface area (Å²) in [6.45, 7) is 0.321. The van der Waals surface area contributed by atoms with Gasteiger partial charge in [-0.25, -0.2) is 4.39 Å². The van der Waals surface area contributed by atoms with Crippen molar-refractivity contribution in [2.24, 2.45) is 10.9 Å². The predicted molar refractivity (Wildman–Crippen MR) is 76.1 cm³/mol. The Morgan fingerprint density at radius 2 is 1.95 bits per heavy atom. The number of hydrogen-bond donors (Lipinski definition) is 1. The van der Waals surface area contributed by atoms with Crippen LogP contribution in [0.15, 0.2) is 58.2 Å². The average Bonchev–Trinajstić information content (AvgIpc) is 2.39. The van der Waals surface area contributed by atoms with Crippen LogP contribution in [0, 0.1) is 5.82 Å². The Morgan fingerprint density at radius 3 is 2.63 bits per heavy atom. The number of amidine groups is 1. The van der Waals surface area contributed by atoms with Gasteiger partial charge in [-0.2, -0.15) is 0 Å². The van der Waals surface area contributed by atoms with Gasteiger partial charge in [-0.1, -0.05) is 33.2 Å². The highest BCUT2D eigenvalue weighted by molar-refractivity contribution is 9.10. The first kappa shape index (κ1) is 13.5. The van der Waals surface area contributed by atoms with Crippen molar-refractivity contribution in [3.05, 3.63) is 69.9 Å². The normalized spacial score (nSPS) is 11.4. The molecule has 0 bridgehead atoms. The van der Waals surface area contributed by atoms with Crippen molar-refractivity contribution in [1.82, 2.24) is 0 Å². The molecule has 0 aliphatic heterocycles. The topological polar surface area (TPSA) is 47.6 Å². The molecule has 0 aliphatic rings. The molecule has 0 heterocycles. The predicted octanol–water partition coefficient (Wildman–Crippen LogP) is 3.43. The van der Waals surface area contributed by atoms with Gasteiger partial charge in [0.15, 0.2) is 5.84 Å². The van der Waals surface area contributed by atoms with Crippen molar-refractivity contribution in [2.45, 2.75) is 6.61 Å². The van der Waals surface area contributed by atoms with Gasteiger partial charge in [0.25, 0.3) is 0 Å². The molecule has 0 atom stereocenters. The molecule has 0 saturated carbocycles. The summed E-state index contributed by atoms with van der Waals surface area (Å²) in [5, 5.41) is 3.81. The van der Waals surface area contributed by atoms with Crippen LogP contribution in [0.25, 0.3) is 0 Å². The molecule has 2 aromatic rings. The van der Waals surface area contributed by atoms with E-state index >= 15 is 0 Å². The summed E-state index contributed by atoms with van der Waals surface area (Å²) >= 11 is 3.37. The van der Waals surface area contributed by atoms with Gasteiger partial charge in [0, 0.05) is 10.0 Å². The quantitative estimate of drug-likeness (QED) is 0.532. The van der Waals surface area contributed by atoms with Crippen molar-refractivity contribution < 1.29 is 9.23 Å². The molecule has 0 saturated heterocycles. The standard InChI is InChI=1S/C14H12BrFN2O/c15-12-3-1-2-10(8-12)9-19-18-14(17)11-4-6-13(16)7-5-11/h1-8H,9H2,(H2,17,18). The van der Waals surface area contributed by atoms with Crippen LogP contribution in [-0.2, 0) is 11.4 Å². The van der Waals surface area contributed by atoms with E-state index in [1.807, 2.05) is 24.3 Å². The lowest BCUT2D eigenvalue weighted by Gasteiger charge is -2.03. The second kappa shape index (κ2) is 6.33. The lowest BCUT2D eigenvalue weighted by atomic mass is 10.2. The average molecular weight is 323 g/mol. The van der Waals surface area contributed by atoms with Crippen LogP contribution < -0.4 is 5.73 Å². The zero-order valence-electron chi connectivity index (χ0n) is 10.0. The number of halogens is 2. The summed E-state index contributed by atoms with van der Waals surface area (Å²) in [5.74, 6) is -0.0957. The first-order valence-electron chi connectivity index (χ1n) is 5.61. The largest absolute Gasteiger partial charge is 0.389 e. The smallest absolute Gasteiger partial charge is 0.170 e. The lowest BCUT2D eigenvalue weighted by molar-refractivity contribution is 0.130. The van der Waals surface area contributed by atoms with Gasteiger partial charge in [0.2, 0.25) is 0 Å². The van der Waals surface area contributed by atoms with E-state index < -0.39 is 0 Å². The van der Waals surface area contributed by atoms with Crippen LogP contribution >= 0.6 is 15.9 Å². The van der Waals surface area contributed by atoms with Crippen molar-refractivity contribution in [1.29, 1.82) is 0 Å². The molecular weight excluding hydrogens is 311 g/mol. The van der Waals surface area contributed by atoms with Gasteiger partial charge in [-0.3, -0.25) is 0 Å². The van der Waals surface area contributed by atoms with Crippen LogP contribution in [0.5, 0.6) is 0 Å². The van der Waals surface area contributed by atoms with E-state index in [0.717, 1.165) is 10.0 Å². The van der Waals surface area contributed by atoms with Crippen molar-refractivity contribution >= 4 is 21.8 Å². The summed E-state index contributed by atoms with van der Waals surface area (Å²) in [6, 6.07) is 13.5. The Labute approximate surface area is 119 Å². The third-order valence-corrected chi connectivity index (χ3v) is 2.92. The first-order chi connectivity index (χ1) is 9.15. The third kappa shape index (κ3) is 4.06. The summed E-state index contributed by atoms with van der Waals surface area (Å²) in [5.41, 5.74) is 7.33. The Kier molecular flexibility index (Phi) is 4.52. The summed E-state index contributed by atoms with van der Waals surface area (Å²) in [4.78, 5) is 5.17. The molecular formula is C14H12BrFN2O. The molecule has 0 fully saturated rings. The monoisotopic (exact) mass is 322 g/mol. The number of benzene rings is 2. The SMILES string of the molecule is N/C(=N\OCc1cccc(Br)c1)c1ccc(F)cc1. The van der Waals surface area contributed by atoms with Gasteiger partial charge in [-0.15, -0.1) is 0 Å². The van der Waals surface area contributed by atoms with E-state index in [9.17, 15) is 4.39 Å². The Morgan fingerprint density at radius 1 is 1.21 bits per heavy atom. The highest BCUT2D eigenvalue weighted by atomic mass is 79.9. The van der Waals surface area contributed by atoms with Crippen LogP contribution in [0.2, 0.25) is 0 Å². The molecule has 2 aromatic carbocycles. The Hall–Kier alpha value is -1.88. The maximum absolute atomic E-state index is 12.7. The van der Waals surface area contributed by atoms with Crippen molar-refractivity contribution in [3.8, 4) is 0 Å². The van der Waals surface area contributed by atoms with Crippen LogP contribution in [0.1, 0.15) is 11.1 Å². The van der Waals surface area contributed by atoms with Crippen molar-refractivity contribution in [3.63, 3.8) is 0 Å². The van der Waals surface area contributed by atoms with Gasteiger partial charge in [-0.05, 0) is 42.0 Å². The molecule has 0 radical (unpaired) electrons. The molecule has 0 aromatic heterocycles. The van der Waals surface area contributed by atoms with Crippen LogP contribution in [-0.4, -0.2) is 5.84 Å². The minimum atomic E-state index is -0.313. The molecule has 0 spiro atoms. The molecule has 98 valence electrons. The lowest BCUT2D eigenvalue weighted by Crippen LogP contribution is -2.13. The maximum atomic E-state index is 12.7. The fourth-order valence-corrected chi connectivity index (χ4v) is 1.92. The molecule has 19 heavy (non-hydrogen) atoms. The zero-order chi connectivity index (χ0) is 13.7. The minimum absolute atomic E-state index is 0.218. The number of nitrogens with zero attached hydrogens (tertiary/aromatic N) is 1. The molecule has 5 heteroatoms. The number of nitrogens with two attached hydrogens (primary N) is 1. The van der Waals surface area contributed by atoms with Gasteiger partial charge in [0.05, 0.1) is 0 Å². The molecule has 2 N–H and O–H groups in total. The zero-order valence-corrected chi connectivity index (χ0v) is 11.6. The van der Waals surface area contributed by atoms with E-state index in [4.69, 9.17) is 10.6 Å². The number of hydrogen-bond acceptors (Lipinski definition) is 2. The Bertz CT molecular complexity index is 584.